The fourth-order valence-electron chi connectivity index (χ4n) is 2.93. The first-order chi connectivity index (χ1) is 7.79. The molecule has 0 bridgehead atoms. The summed E-state index contributed by atoms with van der Waals surface area (Å²) in [6.45, 7) is 6.30. The smallest absolute Gasteiger partial charge is 0.0108 e. The van der Waals surface area contributed by atoms with Crippen molar-refractivity contribution in [1.29, 1.82) is 0 Å². The van der Waals surface area contributed by atoms with E-state index in [1.165, 1.54) is 44.1 Å². The molecule has 88 valence electrons. The minimum absolute atomic E-state index is 0.923. The van der Waals surface area contributed by atoms with Gasteiger partial charge in [0.25, 0.3) is 0 Å². The van der Waals surface area contributed by atoms with Crippen molar-refractivity contribution in [3.05, 3.63) is 35.5 Å². The maximum absolute atomic E-state index is 4.10. The predicted molar refractivity (Wildman–Crippen MR) is 71.4 cm³/mol. The Kier molecular flexibility index (Phi) is 4.04. The van der Waals surface area contributed by atoms with Gasteiger partial charge in [-0.3, -0.25) is 0 Å². The topological polar surface area (TPSA) is 0 Å². The van der Waals surface area contributed by atoms with Gasteiger partial charge in [-0.05, 0) is 44.4 Å². The molecule has 2 aliphatic rings. The van der Waals surface area contributed by atoms with Gasteiger partial charge in [0.2, 0.25) is 0 Å². The highest BCUT2D eigenvalue weighted by Gasteiger charge is 2.20. The Morgan fingerprint density at radius 3 is 2.56 bits per heavy atom. The van der Waals surface area contributed by atoms with Gasteiger partial charge in [-0.2, -0.15) is 0 Å². The van der Waals surface area contributed by atoms with Crippen LogP contribution in [0.3, 0.4) is 0 Å². The highest BCUT2D eigenvalue weighted by Crippen LogP contribution is 2.36. The summed E-state index contributed by atoms with van der Waals surface area (Å²) < 4.78 is 0. The molecule has 16 heavy (non-hydrogen) atoms. The van der Waals surface area contributed by atoms with Gasteiger partial charge in [0.15, 0.2) is 0 Å². The van der Waals surface area contributed by atoms with Crippen molar-refractivity contribution in [3.8, 4) is 0 Å². The van der Waals surface area contributed by atoms with Crippen LogP contribution in [0.1, 0.15) is 58.3 Å². The Bertz CT molecular complexity index is 311. The van der Waals surface area contributed by atoms with Crippen LogP contribution in [0.15, 0.2) is 35.5 Å². The maximum atomic E-state index is 4.10. The van der Waals surface area contributed by atoms with Gasteiger partial charge in [-0.1, -0.05) is 55.2 Å². The summed E-state index contributed by atoms with van der Waals surface area (Å²) in [4.78, 5) is 0. The molecular formula is C16H24. The third kappa shape index (κ3) is 2.87. The fraction of sp³-hybridized carbons (Fsp3) is 0.625. The lowest BCUT2D eigenvalue weighted by Gasteiger charge is -2.19. The van der Waals surface area contributed by atoms with E-state index in [0.717, 1.165) is 18.8 Å². The van der Waals surface area contributed by atoms with E-state index in [1.807, 2.05) is 0 Å². The quantitative estimate of drug-likeness (QED) is 0.568. The Hall–Kier alpha value is -0.780. The summed E-state index contributed by atoms with van der Waals surface area (Å²) in [7, 11) is 0. The van der Waals surface area contributed by atoms with Crippen molar-refractivity contribution >= 4 is 0 Å². The zero-order valence-corrected chi connectivity index (χ0v) is 10.6. The van der Waals surface area contributed by atoms with Crippen LogP contribution in [0.5, 0.6) is 0 Å². The molecule has 0 heteroatoms. The fourth-order valence-corrected chi connectivity index (χ4v) is 2.93. The maximum Gasteiger partial charge on any atom is -0.0108 e. The van der Waals surface area contributed by atoms with Crippen molar-refractivity contribution in [2.75, 3.05) is 0 Å². The lowest BCUT2D eigenvalue weighted by Crippen LogP contribution is -2.03. The van der Waals surface area contributed by atoms with E-state index < -0.39 is 0 Å². The van der Waals surface area contributed by atoms with Crippen LogP contribution in [0.4, 0.5) is 0 Å². The van der Waals surface area contributed by atoms with Crippen LogP contribution in [0.25, 0.3) is 0 Å². The van der Waals surface area contributed by atoms with Crippen molar-refractivity contribution in [3.63, 3.8) is 0 Å². The third-order valence-corrected chi connectivity index (χ3v) is 4.12. The molecule has 1 saturated carbocycles. The summed E-state index contributed by atoms with van der Waals surface area (Å²) in [5.41, 5.74) is 4.70. The van der Waals surface area contributed by atoms with Crippen LogP contribution >= 0.6 is 0 Å². The van der Waals surface area contributed by atoms with E-state index in [-0.39, 0.29) is 0 Å². The van der Waals surface area contributed by atoms with Crippen LogP contribution < -0.4 is 0 Å². The summed E-state index contributed by atoms with van der Waals surface area (Å²) in [5, 5.41) is 0. The second-order valence-electron chi connectivity index (χ2n) is 5.33. The van der Waals surface area contributed by atoms with Crippen LogP contribution in [0, 0.1) is 5.92 Å². The minimum Gasteiger partial charge on any atom is -0.0995 e. The lowest BCUT2D eigenvalue weighted by molar-refractivity contribution is 0.603. The predicted octanol–water partition coefficient (Wildman–Crippen LogP) is 5.18. The van der Waals surface area contributed by atoms with Gasteiger partial charge >= 0.3 is 0 Å². The molecule has 0 aromatic heterocycles. The Balaban J connectivity index is 1.93. The number of rotatable bonds is 4. The highest BCUT2D eigenvalue weighted by molar-refractivity contribution is 5.28. The van der Waals surface area contributed by atoms with Gasteiger partial charge in [0.05, 0.1) is 0 Å². The minimum atomic E-state index is 0.923. The number of hydrogen-bond donors (Lipinski definition) is 0. The summed E-state index contributed by atoms with van der Waals surface area (Å²) in [6.07, 6.45) is 15.4. The molecule has 0 unspecified atom stereocenters. The zero-order valence-electron chi connectivity index (χ0n) is 10.6. The summed E-state index contributed by atoms with van der Waals surface area (Å²) in [5.74, 6) is 0.923. The molecule has 2 aliphatic carbocycles. The number of allylic oxidation sites excluding steroid dienone is 5. The van der Waals surface area contributed by atoms with Crippen LogP contribution in [-0.2, 0) is 0 Å². The molecule has 0 saturated heterocycles. The molecule has 0 aromatic carbocycles. The molecule has 0 aliphatic heterocycles. The first-order valence-corrected chi connectivity index (χ1v) is 6.84. The molecule has 0 heterocycles. The zero-order chi connectivity index (χ0) is 11.4. The van der Waals surface area contributed by atoms with Gasteiger partial charge in [-0.25, -0.2) is 0 Å². The third-order valence-electron chi connectivity index (χ3n) is 4.12. The first-order valence-electron chi connectivity index (χ1n) is 6.84. The van der Waals surface area contributed by atoms with Crippen molar-refractivity contribution in [2.45, 2.75) is 58.3 Å². The van der Waals surface area contributed by atoms with E-state index in [4.69, 9.17) is 0 Å². The SMILES string of the molecule is C=C(CC)CC1=CC=C(C2CCCC2)CC1. The van der Waals surface area contributed by atoms with Crippen molar-refractivity contribution in [2.24, 2.45) is 5.92 Å². The van der Waals surface area contributed by atoms with E-state index in [9.17, 15) is 0 Å². The van der Waals surface area contributed by atoms with E-state index in [0.29, 0.717) is 0 Å². The Labute approximate surface area is 100 Å². The van der Waals surface area contributed by atoms with E-state index in [2.05, 4.69) is 25.7 Å². The average molecular weight is 216 g/mol. The molecule has 0 nitrogen and oxygen atoms in total. The highest BCUT2D eigenvalue weighted by atomic mass is 14.3. The van der Waals surface area contributed by atoms with Crippen molar-refractivity contribution < 1.29 is 0 Å². The molecule has 0 radical (unpaired) electrons. The van der Waals surface area contributed by atoms with E-state index >= 15 is 0 Å². The standard InChI is InChI=1S/C16H24/c1-3-13(2)12-14-8-10-16(11-9-14)15-6-4-5-7-15/h8,10,15H,2-7,9,11-12H2,1H3. The van der Waals surface area contributed by atoms with E-state index in [1.54, 1.807) is 11.1 Å². The molecule has 0 spiro atoms. The van der Waals surface area contributed by atoms with Gasteiger partial charge in [0, 0.05) is 0 Å². The first kappa shape index (κ1) is 11.7. The van der Waals surface area contributed by atoms with Crippen LogP contribution in [0.2, 0.25) is 0 Å². The van der Waals surface area contributed by atoms with Crippen molar-refractivity contribution in [1.82, 2.24) is 0 Å². The molecule has 0 N–H and O–H groups in total. The number of hydrogen-bond acceptors (Lipinski definition) is 0. The lowest BCUT2D eigenvalue weighted by atomic mass is 9.86. The van der Waals surface area contributed by atoms with Crippen LogP contribution in [-0.4, -0.2) is 0 Å². The Morgan fingerprint density at radius 2 is 2.00 bits per heavy atom. The van der Waals surface area contributed by atoms with Gasteiger partial charge in [0.1, 0.15) is 0 Å². The molecule has 0 atom stereocenters. The molecule has 1 fully saturated rings. The molecular weight excluding hydrogens is 192 g/mol. The average Bonchev–Trinajstić information content (AvgIpc) is 2.83. The molecule has 0 amide bonds. The van der Waals surface area contributed by atoms with Gasteiger partial charge in [-0.15, -0.1) is 0 Å². The monoisotopic (exact) mass is 216 g/mol. The molecule has 2 rings (SSSR count). The summed E-state index contributed by atoms with van der Waals surface area (Å²) >= 11 is 0. The largest absolute Gasteiger partial charge is 0.0995 e. The molecule has 0 aromatic rings. The normalized spacial score (nSPS) is 21.8. The summed E-state index contributed by atoms with van der Waals surface area (Å²) in [6, 6.07) is 0. The second-order valence-corrected chi connectivity index (χ2v) is 5.33. The second kappa shape index (κ2) is 5.52. The Morgan fingerprint density at radius 1 is 1.25 bits per heavy atom. The van der Waals surface area contributed by atoms with Gasteiger partial charge < -0.3 is 0 Å².